The topological polar surface area (TPSA) is 92.4 Å². The summed E-state index contributed by atoms with van der Waals surface area (Å²) in [4.78, 5) is 0.0647. The number of halogens is 1. The summed E-state index contributed by atoms with van der Waals surface area (Å²) < 4.78 is 26.5. The normalized spacial score (nSPS) is 17.4. The summed E-state index contributed by atoms with van der Waals surface area (Å²) in [6, 6.07) is 2.78. The van der Waals surface area contributed by atoms with Crippen LogP contribution in [-0.2, 0) is 10.0 Å². The first-order chi connectivity index (χ1) is 8.81. The third kappa shape index (κ3) is 3.39. The maximum absolute atomic E-state index is 12.1. The highest BCUT2D eigenvalue weighted by Gasteiger charge is 2.30. The first kappa shape index (κ1) is 14.6. The van der Waals surface area contributed by atoms with Gasteiger partial charge in [0.25, 0.3) is 0 Å². The highest BCUT2D eigenvalue weighted by atomic mass is 35.5. The Morgan fingerprint density at radius 2 is 2.16 bits per heavy atom. The summed E-state index contributed by atoms with van der Waals surface area (Å²) >= 11 is 5.90. The fourth-order valence-electron chi connectivity index (χ4n) is 1.84. The van der Waals surface area contributed by atoms with Crippen LogP contribution in [0.4, 0.5) is 5.69 Å². The van der Waals surface area contributed by atoms with Crippen LogP contribution in [0, 0.1) is 12.8 Å². The van der Waals surface area contributed by atoms with Gasteiger partial charge in [0, 0.05) is 6.54 Å². The van der Waals surface area contributed by atoms with E-state index in [1.54, 1.807) is 6.92 Å². The SMILES string of the molecule is Cc1cc(S(=O)(=O)NCC(O)C2CC2)cc(N)c1Cl. The van der Waals surface area contributed by atoms with Crippen LogP contribution >= 0.6 is 11.6 Å². The number of benzene rings is 1. The second kappa shape index (κ2) is 5.28. The molecule has 0 aliphatic heterocycles. The highest BCUT2D eigenvalue weighted by molar-refractivity contribution is 7.89. The van der Waals surface area contributed by atoms with Crippen LogP contribution in [0.15, 0.2) is 17.0 Å². The minimum atomic E-state index is -3.67. The Bertz CT molecular complexity index is 562. The van der Waals surface area contributed by atoms with E-state index < -0.39 is 16.1 Å². The van der Waals surface area contributed by atoms with E-state index >= 15 is 0 Å². The van der Waals surface area contributed by atoms with Gasteiger partial charge in [0.1, 0.15) is 0 Å². The van der Waals surface area contributed by atoms with Crippen molar-refractivity contribution < 1.29 is 13.5 Å². The quantitative estimate of drug-likeness (QED) is 0.715. The molecule has 1 aromatic carbocycles. The van der Waals surface area contributed by atoms with Crippen molar-refractivity contribution >= 4 is 27.3 Å². The van der Waals surface area contributed by atoms with E-state index in [1.807, 2.05) is 0 Å². The molecule has 1 fully saturated rings. The lowest BCUT2D eigenvalue weighted by Crippen LogP contribution is -2.33. The van der Waals surface area contributed by atoms with Gasteiger partial charge >= 0.3 is 0 Å². The number of aliphatic hydroxyl groups is 1. The minimum Gasteiger partial charge on any atom is -0.397 e. The largest absolute Gasteiger partial charge is 0.397 e. The number of hydrogen-bond acceptors (Lipinski definition) is 4. The van der Waals surface area contributed by atoms with Crippen LogP contribution in [0.3, 0.4) is 0 Å². The van der Waals surface area contributed by atoms with Gasteiger partial charge in [0.2, 0.25) is 10.0 Å². The number of aliphatic hydroxyl groups excluding tert-OH is 1. The summed E-state index contributed by atoms with van der Waals surface area (Å²) in [5, 5.41) is 10.0. The second-order valence-corrected chi connectivity index (χ2v) is 7.04. The predicted molar refractivity (Wildman–Crippen MR) is 74.5 cm³/mol. The second-order valence-electron chi connectivity index (χ2n) is 4.90. The van der Waals surface area contributed by atoms with Gasteiger partial charge in [-0.05, 0) is 43.4 Å². The molecule has 1 atom stereocenters. The fourth-order valence-corrected chi connectivity index (χ4v) is 3.12. The van der Waals surface area contributed by atoms with Crippen LogP contribution in [0.2, 0.25) is 5.02 Å². The van der Waals surface area contributed by atoms with Crippen molar-refractivity contribution in [1.29, 1.82) is 0 Å². The first-order valence-corrected chi connectivity index (χ1v) is 7.90. The number of anilines is 1. The maximum atomic E-state index is 12.1. The summed E-state index contributed by atoms with van der Waals surface area (Å²) in [6.45, 7) is 1.71. The molecule has 5 nitrogen and oxygen atoms in total. The van der Waals surface area contributed by atoms with E-state index in [9.17, 15) is 13.5 Å². The summed E-state index contributed by atoms with van der Waals surface area (Å²) in [5.41, 5.74) is 6.49. The molecule has 1 aliphatic rings. The van der Waals surface area contributed by atoms with Crippen molar-refractivity contribution in [1.82, 2.24) is 4.72 Å². The van der Waals surface area contributed by atoms with Gasteiger partial charge in [-0.2, -0.15) is 0 Å². The first-order valence-electron chi connectivity index (χ1n) is 6.04. The van der Waals surface area contributed by atoms with Crippen LogP contribution in [0.1, 0.15) is 18.4 Å². The molecule has 1 aliphatic carbocycles. The molecule has 19 heavy (non-hydrogen) atoms. The van der Waals surface area contributed by atoms with Crippen molar-refractivity contribution in [3.63, 3.8) is 0 Å². The molecule has 4 N–H and O–H groups in total. The molecule has 0 bridgehead atoms. The smallest absolute Gasteiger partial charge is 0.240 e. The van der Waals surface area contributed by atoms with Gasteiger partial charge in [-0.3, -0.25) is 0 Å². The van der Waals surface area contributed by atoms with Gasteiger partial charge in [0.05, 0.1) is 21.7 Å². The third-order valence-electron chi connectivity index (χ3n) is 3.22. The lowest BCUT2D eigenvalue weighted by atomic mass is 10.2. The molecule has 1 unspecified atom stereocenters. The number of hydrogen-bond donors (Lipinski definition) is 3. The highest BCUT2D eigenvalue weighted by Crippen LogP contribution is 2.32. The summed E-state index contributed by atoms with van der Waals surface area (Å²) in [5.74, 6) is 0.222. The van der Waals surface area contributed by atoms with Gasteiger partial charge in [-0.15, -0.1) is 0 Å². The molecule has 0 radical (unpaired) electrons. The molecule has 7 heteroatoms. The average molecular weight is 305 g/mol. The number of nitrogens with one attached hydrogen (secondary N) is 1. The van der Waals surface area contributed by atoms with Crippen molar-refractivity contribution in [3.8, 4) is 0 Å². The Hall–Kier alpha value is -0.820. The molecule has 1 aromatic rings. The Morgan fingerprint density at radius 1 is 1.53 bits per heavy atom. The van der Waals surface area contributed by atoms with E-state index in [0.717, 1.165) is 12.8 Å². The molecular formula is C12H17ClN2O3S. The zero-order chi connectivity index (χ0) is 14.2. The number of sulfonamides is 1. The number of rotatable bonds is 5. The molecule has 0 aromatic heterocycles. The molecule has 0 heterocycles. The Balaban J connectivity index is 2.14. The van der Waals surface area contributed by atoms with Gasteiger partial charge in [-0.1, -0.05) is 11.6 Å². The van der Waals surface area contributed by atoms with E-state index in [4.69, 9.17) is 17.3 Å². The zero-order valence-electron chi connectivity index (χ0n) is 10.6. The summed E-state index contributed by atoms with van der Waals surface area (Å²) in [7, 11) is -3.67. The molecule has 0 amide bonds. The predicted octanol–water partition coefficient (Wildman–Crippen LogP) is 1.28. The molecule has 0 spiro atoms. The maximum Gasteiger partial charge on any atom is 0.240 e. The van der Waals surface area contributed by atoms with E-state index in [1.165, 1.54) is 12.1 Å². The van der Waals surface area contributed by atoms with Crippen LogP contribution in [-0.4, -0.2) is 26.2 Å². The number of aryl methyl sites for hydroxylation is 1. The van der Waals surface area contributed by atoms with Crippen LogP contribution in [0.25, 0.3) is 0 Å². The van der Waals surface area contributed by atoms with E-state index in [-0.39, 0.29) is 23.0 Å². The number of nitrogen functional groups attached to an aromatic ring is 1. The Kier molecular flexibility index (Phi) is 4.06. The van der Waals surface area contributed by atoms with Gasteiger partial charge in [0.15, 0.2) is 0 Å². The van der Waals surface area contributed by atoms with E-state index in [0.29, 0.717) is 10.6 Å². The molecule has 1 saturated carbocycles. The van der Waals surface area contributed by atoms with Crippen molar-refractivity contribution in [2.24, 2.45) is 5.92 Å². The van der Waals surface area contributed by atoms with E-state index in [2.05, 4.69) is 4.72 Å². The third-order valence-corrected chi connectivity index (χ3v) is 5.13. The van der Waals surface area contributed by atoms with Gasteiger partial charge in [-0.25, -0.2) is 13.1 Å². The standard InChI is InChI=1S/C12H17ClN2O3S/c1-7-4-9(5-10(14)12(7)13)19(17,18)15-6-11(16)8-2-3-8/h4-5,8,11,15-16H,2-3,6,14H2,1H3. The summed E-state index contributed by atoms with van der Waals surface area (Å²) in [6.07, 6.45) is 1.28. The van der Waals surface area contributed by atoms with Crippen LogP contribution in [0.5, 0.6) is 0 Å². The lowest BCUT2D eigenvalue weighted by molar-refractivity contribution is 0.155. The van der Waals surface area contributed by atoms with Crippen LogP contribution < -0.4 is 10.5 Å². The molecular weight excluding hydrogens is 288 g/mol. The average Bonchev–Trinajstić information content (AvgIpc) is 3.16. The van der Waals surface area contributed by atoms with Crippen molar-refractivity contribution in [2.45, 2.75) is 30.8 Å². The Labute approximate surface area is 117 Å². The lowest BCUT2D eigenvalue weighted by Gasteiger charge is -2.12. The molecule has 0 saturated heterocycles. The Morgan fingerprint density at radius 3 is 2.68 bits per heavy atom. The number of nitrogens with two attached hydrogens (primary N) is 1. The fraction of sp³-hybridized carbons (Fsp3) is 0.500. The molecule has 2 rings (SSSR count). The minimum absolute atomic E-state index is 0.0224. The van der Waals surface area contributed by atoms with Crippen molar-refractivity contribution in [3.05, 3.63) is 22.7 Å². The molecule has 106 valence electrons. The van der Waals surface area contributed by atoms with Gasteiger partial charge < -0.3 is 10.8 Å². The van der Waals surface area contributed by atoms with Crippen molar-refractivity contribution in [2.75, 3.05) is 12.3 Å². The zero-order valence-corrected chi connectivity index (χ0v) is 12.1. The monoisotopic (exact) mass is 304 g/mol.